The second kappa shape index (κ2) is 7.90. The van der Waals surface area contributed by atoms with Crippen molar-refractivity contribution in [1.82, 2.24) is 4.98 Å². The first-order valence-corrected chi connectivity index (χ1v) is 8.67. The molecule has 150 valence electrons. The molecule has 0 N–H and O–H groups in total. The third-order valence-corrected chi connectivity index (χ3v) is 4.11. The average molecular weight is 403 g/mol. The van der Waals surface area contributed by atoms with Crippen LogP contribution in [-0.2, 0) is 10.9 Å². The molecule has 0 atom stereocenters. The van der Waals surface area contributed by atoms with Crippen LogP contribution in [0.3, 0.4) is 0 Å². The Hall–Kier alpha value is -3.42. The minimum Gasteiger partial charge on any atom is -0.461 e. The zero-order valence-electron chi connectivity index (χ0n) is 15.5. The van der Waals surface area contributed by atoms with E-state index in [1.807, 2.05) is 0 Å². The van der Waals surface area contributed by atoms with E-state index in [-0.39, 0.29) is 35.3 Å². The molecule has 0 saturated heterocycles. The summed E-state index contributed by atoms with van der Waals surface area (Å²) in [5.41, 5.74) is 0.323. The van der Waals surface area contributed by atoms with Gasteiger partial charge in [0.05, 0.1) is 12.2 Å². The number of rotatable bonds is 5. The molecule has 3 aromatic rings. The van der Waals surface area contributed by atoms with E-state index in [1.54, 1.807) is 31.2 Å². The number of hydrogen-bond donors (Lipinski definition) is 0. The monoisotopic (exact) mass is 403 g/mol. The lowest BCUT2D eigenvalue weighted by molar-refractivity contribution is -0.137. The third-order valence-electron chi connectivity index (χ3n) is 4.11. The summed E-state index contributed by atoms with van der Waals surface area (Å²) in [4.78, 5) is 27.9. The molecule has 0 aliphatic rings. The molecule has 0 radical (unpaired) electrons. The Morgan fingerprint density at radius 1 is 1.00 bits per heavy atom. The SMILES string of the molecule is CCOC(=O)c1nc(-c2ccc(C(F)(F)F)cc2)oc1-c1ccc(C(C)=O)cc1. The lowest BCUT2D eigenvalue weighted by Gasteiger charge is -2.06. The van der Waals surface area contributed by atoms with E-state index < -0.39 is 17.7 Å². The number of alkyl halides is 3. The van der Waals surface area contributed by atoms with Gasteiger partial charge in [0, 0.05) is 16.7 Å². The van der Waals surface area contributed by atoms with Gasteiger partial charge in [0.25, 0.3) is 0 Å². The zero-order chi connectivity index (χ0) is 21.2. The van der Waals surface area contributed by atoms with E-state index >= 15 is 0 Å². The third kappa shape index (κ3) is 4.37. The second-order valence-electron chi connectivity index (χ2n) is 6.13. The Balaban J connectivity index is 2.05. The number of carbonyl (C=O) groups excluding carboxylic acids is 2. The standard InChI is InChI=1S/C21H16F3NO4/c1-3-28-20(27)17-18(14-6-4-13(5-7-14)12(2)26)29-19(25-17)15-8-10-16(11-9-15)21(22,23)24/h4-11H,3H2,1-2H3. The van der Waals surface area contributed by atoms with Crippen LogP contribution in [0.15, 0.2) is 52.9 Å². The number of hydrogen-bond acceptors (Lipinski definition) is 5. The summed E-state index contributed by atoms with van der Waals surface area (Å²) < 4.78 is 49.0. The Bertz CT molecular complexity index is 1040. The van der Waals surface area contributed by atoms with Gasteiger partial charge in [-0.05, 0) is 38.1 Å². The number of halogens is 3. The molecular weight excluding hydrogens is 387 g/mol. The van der Waals surface area contributed by atoms with Crippen molar-refractivity contribution in [2.45, 2.75) is 20.0 Å². The molecule has 0 aliphatic carbocycles. The molecule has 2 aromatic carbocycles. The minimum absolute atomic E-state index is 0.0209. The quantitative estimate of drug-likeness (QED) is 0.421. The van der Waals surface area contributed by atoms with Crippen LogP contribution in [0.5, 0.6) is 0 Å². The topological polar surface area (TPSA) is 69.4 Å². The molecule has 0 aliphatic heterocycles. The number of esters is 1. The number of benzene rings is 2. The van der Waals surface area contributed by atoms with Gasteiger partial charge in [-0.15, -0.1) is 0 Å². The second-order valence-corrected chi connectivity index (χ2v) is 6.13. The van der Waals surface area contributed by atoms with Crippen molar-refractivity contribution in [3.63, 3.8) is 0 Å². The van der Waals surface area contributed by atoms with E-state index in [4.69, 9.17) is 9.15 Å². The van der Waals surface area contributed by atoms with Gasteiger partial charge in [-0.2, -0.15) is 13.2 Å². The van der Waals surface area contributed by atoms with Gasteiger partial charge in [-0.1, -0.05) is 24.3 Å². The summed E-state index contributed by atoms with van der Waals surface area (Å²) in [7, 11) is 0. The Morgan fingerprint density at radius 3 is 2.10 bits per heavy atom. The Morgan fingerprint density at radius 2 is 1.59 bits per heavy atom. The predicted molar refractivity (Wildman–Crippen MR) is 98.3 cm³/mol. The van der Waals surface area contributed by atoms with Crippen molar-refractivity contribution >= 4 is 11.8 Å². The van der Waals surface area contributed by atoms with Crippen LogP contribution in [-0.4, -0.2) is 23.3 Å². The highest BCUT2D eigenvalue weighted by Gasteiger charge is 2.30. The molecule has 5 nitrogen and oxygen atoms in total. The van der Waals surface area contributed by atoms with Crippen molar-refractivity contribution in [2.75, 3.05) is 6.61 Å². The summed E-state index contributed by atoms with van der Waals surface area (Å²) in [6, 6.07) is 10.6. The number of nitrogens with zero attached hydrogens (tertiary/aromatic N) is 1. The van der Waals surface area contributed by atoms with Crippen molar-refractivity contribution in [1.29, 1.82) is 0 Å². The Kier molecular flexibility index (Phi) is 5.54. The van der Waals surface area contributed by atoms with Crippen LogP contribution in [0.4, 0.5) is 13.2 Å². The number of carbonyl (C=O) groups is 2. The maximum atomic E-state index is 12.8. The molecule has 0 amide bonds. The normalized spacial score (nSPS) is 11.3. The fourth-order valence-electron chi connectivity index (χ4n) is 2.64. The van der Waals surface area contributed by atoms with Crippen molar-refractivity contribution in [3.05, 3.63) is 65.4 Å². The van der Waals surface area contributed by atoms with E-state index in [0.29, 0.717) is 11.1 Å². The van der Waals surface area contributed by atoms with Crippen LogP contribution >= 0.6 is 0 Å². The van der Waals surface area contributed by atoms with Crippen LogP contribution in [0.1, 0.15) is 40.3 Å². The summed E-state index contributed by atoms with van der Waals surface area (Å²) in [5.74, 6) is -0.758. The molecule has 0 unspecified atom stereocenters. The molecule has 0 bridgehead atoms. The molecular formula is C21H16F3NO4. The number of oxazole rings is 1. The molecule has 0 fully saturated rings. The number of aromatic nitrogens is 1. The van der Waals surface area contributed by atoms with E-state index in [0.717, 1.165) is 12.1 Å². The number of ether oxygens (including phenoxy) is 1. The van der Waals surface area contributed by atoms with E-state index in [1.165, 1.54) is 19.1 Å². The van der Waals surface area contributed by atoms with E-state index in [2.05, 4.69) is 4.98 Å². The highest BCUT2D eigenvalue weighted by atomic mass is 19.4. The fourth-order valence-corrected chi connectivity index (χ4v) is 2.64. The van der Waals surface area contributed by atoms with Crippen molar-refractivity contribution in [3.8, 4) is 22.8 Å². The highest BCUT2D eigenvalue weighted by molar-refractivity contribution is 5.96. The molecule has 8 heteroatoms. The molecule has 0 spiro atoms. The smallest absolute Gasteiger partial charge is 0.416 e. The van der Waals surface area contributed by atoms with Crippen LogP contribution in [0, 0.1) is 0 Å². The summed E-state index contributed by atoms with van der Waals surface area (Å²) in [6.45, 7) is 3.18. The maximum Gasteiger partial charge on any atom is 0.416 e. The first-order chi connectivity index (χ1) is 13.7. The predicted octanol–water partition coefficient (Wildman–Crippen LogP) is 5.41. The lowest BCUT2D eigenvalue weighted by atomic mass is 10.1. The zero-order valence-corrected chi connectivity index (χ0v) is 15.5. The first-order valence-electron chi connectivity index (χ1n) is 8.67. The largest absolute Gasteiger partial charge is 0.461 e. The fraction of sp³-hybridized carbons (Fsp3) is 0.190. The molecule has 1 heterocycles. The Labute approximate surface area is 164 Å². The van der Waals surface area contributed by atoms with Gasteiger partial charge in [0.15, 0.2) is 17.2 Å². The molecule has 0 saturated carbocycles. The van der Waals surface area contributed by atoms with E-state index in [9.17, 15) is 22.8 Å². The molecule has 3 rings (SSSR count). The molecule has 1 aromatic heterocycles. The van der Waals surface area contributed by atoms with Crippen molar-refractivity contribution < 1.29 is 31.9 Å². The minimum atomic E-state index is -4.46. The average Bonchev–Trinajstić information content (AvgIpc) is 3.13. The number of ketones is 1. The van der Waals surface area contributed by atoms with Gasteiger partial charge in [-0.25, -0.2) is 9.78 Å². The maximum absolute atomic E-state index is 12.8. The van der Waals surface area contributed by atoms with Crippen LogP contribution < -0.4 is 0 Å². The van der Waals surface area contributed by atoms with Crippen LogP contribution in [0.25, 0.3) is 22.8 Å². The highest BCUT2D eigenvalue weighted by Crippen LogP contribution is 2.33. The number of Topliss-reactive ketones (excluding diaryl/α,β-unsaturated/α-hetero) is 1. The van der Waals surface area contributed by atoms with Gasteiger partial charge in [0.2, 0.25) is 5.89 Å². The van der Waals surface area contributed by atoms with Gasteiger partial charge >= 0.3 is 12.1 Å². The van der Waals surface area contributed by atoms with Crippen LogP contribution in [0.2, 0.25) is 0 Å². The van der Waals surface area contributed by atoms with Gasteiger partial charge in [0.1, 0.15) is 0 Å². The molecule has 29 heavy (non-hydrogen) atoms. The van der Waals surface area contributed by atoms with Gasteiger partial charge in [-0.3, -0.25) is 4.79 Å². The van der Waals surface area contributed by atoms with Gasteiger partial charge < -0.3 is 9.15 Å². The first kappa shape index (κ1) is 20.3. The summed E-state index contributed by atoms with van der Waals surface area (Å²) in [6.07, 6.45) is -4.46. The van der Waals surface area contributed by atoms with Crippen molar-refractivity contribution in [2.24, 2.45) is 0 Å². The summed E-state index contributed by atoms with van der Waals surface area (Å²) >= 11 is 0. The lowest BCUT2D eigenvalue weighted by Crippen LogP contribution is -2.06. The summed E-state index contributed by atoms with van der Waals surface area (Å²) in [5, 5.41) is 0.